The molecular weight excluding hydrogens is 288 g/mol. The van der Waals surface area contributed by atoms with Gasteiger partial charge in [-0.3, -0.25) is 4.79 Å². The maximum atomic E-state index is 12.4. The molecule has 0 aliphatic rings. The van der Waals surface area contributed by atoms with Gasteiger partial charge in [-0.2, -0.15) is 0 Å². The molecule has 122 valence electrons. The number of benzene rings is 1. The second-order valence-corrected chi connectivity index (χ2v) is 5.81. The lowest BCUT2D eigenvalue weighted by Crippen LogP contribution is -2.28. The number of amides is 1. The molecule has 5 nitrogen and oxygen atoms in total. The van der Waals surface area contributed by atoms with Gasteiger partial charge in [0.25, 0.3) is 5.91 Å². The maximum absolute atomic E-state index is 12.4. The first-order valence-electron chi connectivity index (χ1n) is 7.93. The summed E-state index contributed by atoms with van der Waals surface area (Å²) >= 11 is 0. The van der Waals surface area contributed by atoms with Crippen molar-refractivity contribution in [2.45, 2.75) is 33.6 Å². The van der Waals surface area contributed by atoms with E-state index in [0.717, 1.165) is 30.6 Å². The van der Waals surface area contributed by atoms with Crippen molar-refractivity contribution in [2.75, 3.05) is 18.9 Å². The molecule has 0 fully saturated rings. The second kappa shape index (κ2) is 7.72. The third-order valence-electron chi connectivity index (χ3n) is 3.72. The zero-order valence-electron chi connectivity index (χ0n) is 14.3. The highest BCUT2D eigenvalue weighted by atomic mass is 16.2. The predicted molar refractivity (Wildman–Crippen MR) is 93.1 cm³/mol. The van der Waals surface area contributed by atoms with Gasteiger partial charge in [-0.15, -0.1) is 0 Å². The summed E-state index contributed by atoms with van der Waals surface area (Å²) in [5, 5.41) is 3.25. The van der Waals surface area contributed by atoms with E-state index in [-0.39, 0.29) is 5.91 Å². The SMILES string of the molecule is CCCCN(C)C(=O)c1cc(Nc2ccc(C)cc2C)ncn1. The van der Waals surface area contributed by atoms with Gasteiger partial charge in [0.1, 0.15) is 17.8 Å². The smallest absolute Gasteiger partial charge is 0.272 e. The van der Waals surface area contributed by atoms with Gasteiger partial charge in [0, 0.05) is 25.3 Å². The van der Waals surface area contributed by atoms with Crippen LogP contribution in [0.1, 0.15) is 41.4 Å². The van der Waals surface area contributed by atoms with Crippen molar-refractivity contribution in [3.8, 4) is 0 Å². The van der Waals surface area contributed by atoms with E-state index >= 15 is 0 Å². The summed E-state index contributed by atoms with van der Waals surface area (Å²) in [7, 11) is 1.80. The third-order valence-corrected chi connectivity index (χ3v) is 3.72. The number of nitrogens with zero attached hydrogens (tertiary/aromatic N) is 3. The summed E-state index contributed by atoms with van der Waals surface area (Å²) in [4.78, 5) is 22.4. The molecule has 0 spiro atoms. The average molecular weight is 312 g/mol. The Hall–Kier alpha value is -2.43. The number of hydrogen-bond acceptors (Lipinski definition) is 4. The lowest BCUT2D eigenvalue weighted by Gasteiger charge is -2.16. The predicted octanol–water partition coefficient (Wildman–Crippen LogP) is 3.71. The zero-order chi connectivity index (χ0) is 16.8. The number of carbonyl (C=O) groups excluding carboxylic acids is 1. The summed E-state index contributed by atoms with van der Waals surface area (Å²) in [6.45, 7) is 6.94. The molecule has 2 rings (SSSR count). The Morgan fingerprint density at radius 1 is 1.22 bits per heavy atom. The van der Waals surface area contributed by atoms with Crippen LogP contribution >= 0.6 is 0 Å². The van der Waals surface area contributed by atoms with Crippen LogP contribution in [0.2, 0.25) is 0 Å². The van der Waals surface area contributed by atoms with E-state index in [9.17, 15) is 4.79 Å². The largest absolute Gasteiger partial charge is 0.340 e. The monoisotopic (exact) mass is 312 g/mol. The van der Waals surface area contributed by atoms with E-state index in [1.165, 1.54) is 11.9 Å². The summed E-state index contributed by atoms with van der Waals surface area (Å²) in [5.41, 5.74) is 3.73. The molecule has 23 heavy (non-hydrogen) atoms. The number of carbonyl (C=O) groups is 1. The molecule has 1 heterocycles. The molecular formula is C18H24N4O. The van der Waals surface area contributed by atoms with E-state index in [4.69, 9.17) is 0 Å². The van der Waals surface area contributed by atoms with Crippen LogP contribution in [0.3, 0.4) is 0 Å². The molecule has 0 unspecified atom stereocenters. The summed E-state index contributed by atoms with van der Waals surface area (Å²) in [6, 6.07) is 7.86. The van der Waals surface area contributed by atoms with Crippen LogP contribution in [0, 0.1) is 13.8 Å². The number of anilines is 2. The first kappa shape index (κ1) is 16.9. The fourth-order valence-electron chi connectivity index (χ4n) is 2.33. The van der Waals surface area contributed by atoms with Crippen molar-refractivity contribution in [3.63, 3.8) is 0 Å². The number of aryl methyl sites for hydroxylation is 2. The Labute approximate surface area is 137 Å². The summed E-state index contributed by atoms with van der Waals surface area (Å²) in [5.74, 6) is 0.545. The molecule has 0 saturated heterocycles. The number of rotatable bonds is 6. The Kier molecular flexibility index (Phi) is 5.68. The van der Waals surface area contributed by atoms with Crippen LogP contribution in [0.4, 0.5) is 11.5 Å². The van der Waals surface area contributed by atoms with Gasteiger partial charge in [0.05, 0.1) is 0 Å². The molecule has 0 saturated carbocycles. The van der Waals surface area contributed by atoms with Crippen LogP contribution in [0.15, 0.2) is 30.6 Å². The summed E-state index contributed by atoms with van der Waals surface area (Å²) < 4.78 is 0. The molecule has 1 aromatic heterocycles. The molecule has 0 bridgehead atoms. The van der Waals surface area contributed by atoms with Gasteiger partial charge in [-0.1, -0.05) is 31.0 Å². The fourth-order valence-corrected chi connectivity index (χ4v) is 2.33. The molecule has 1 N–H and O–H groups in total. The molecule has 5 heteroatoms. The Bertz CT molecular complexity index is 684. The number of unbranched alkanes of at least 4 members (excludes halogenated alkanes) is 1. The van der Waals surface area contributed by atoms with Crippen molar-refractivity contribution >= 4 is 17.4 Å². The Balaban J connectivity index is 2.14. The van der Waals surface area contributed by atoms with Gasteiger partial charge in [-0.05, 0) is 31.9 Å². The van der Waals surface area contributed by atoms with Crippen molar-refractivity contribution in [1.82, 2.24) is 14.9 Å². The molecule has 0 aliphatic carbocycles. The van der Waals surface area contributed by atoms with Crippen LogP contribution in [0.25, 0.3) is 0 Å². The van der Waals surface area contributed by atoms with Gasteiger partial charge < -0.3 is 10.2 Å². The van der Waals surface area contributed by atoms with E-state index in [1.807, 2.05) is 19.1 Å². The maximum Gasteiger partial charge on any atom is 0.272 e. The normalized spacial score (nSPS) is 10.4. The van der Waals surface area contributed by atoms with E-state index in [2.05, 4.69) is 35.2 Å². The van der Waals surface area contributed by atoms with Gasteiger partial charge in [0.2, 0.25) is 0 Å². The molecule has 1 aromatic carbocycles. The van der Waals surface area contributed by atoms with Crippen molar-refractivity contribution in [3.05, 3.63) is 47.4 Å². The van der Waals surface area contributed by atoms with Gasteiger partial charge in [-0.25, -0.2) is 9.97 Å². The fraction of sp³-hybridized carbons (Fsp3) is 0.389. The first-order valence-corrected chi connectivity index (χ1v) is 7.93. The van der Waals surface area contributed by atoms with Crippen molar-refractivity contribution in [1.29, 1.82) is 0 Å². The van der Waals surface area contributed by atoms with Gasteiger partial charge >= 0.3 is 0 Å². The lowest BCUT2D eigenvalue weighted by atomic mass is 10.1. The van der Waals surface area contributed by atoms with Crippen molar-refractivity contribution in [2.24, 2.45) is 0 Å². The molecule has 0 aliphatic heterocycles. The van der Waals surface area contributed by atoms with Gasteiger partial charge in [0.15, 0.2) is 0 Å². The zero-order valence-corrected chi connectivity index (χ0v) is 14.3. The molecule has 1 amide bonds. The quantitative estimate of drug-likeness (QED) is 0.883. The van der Waals surface area contributed by atoms with Crippen LogP contribution in [-0.2, 0) is 0 Å². The first-order chi connectivity index (χ1) is 11.0. The van der Waals surface area contributed by atoms with E-state index < -0.39 is 0 Å². The highest BCUT2D eigenvalue weighted by Crippen LogP contribution is 2.20. The Morgan fingerprint density at radius 2 is 2.00 bits per heavy atom. The van der Waals surface area contributed by atoms with Crippen LogP contribution < -0.4 is 5.32 Å². The number of aromatic nitrogens is 2. The van der Waals surface area contributed by atoms with E-state index in [1.54, 1.807) is 18.0 Å². The minimum atomic E-state index is -0.0791. The second-order valence-electron chi connectivity index (χ2n) is 5.81. The molecule has 2 aromatic rings. The topological polar surface area (TPSA) is 58.1 Å². The third kappa shape index (κ3) is 4.52. The Morgan fingerprint density at radius 3 is 2.70 bits per heavy atom. The number of hydrogen-bond donors (Lipinski definition) is 1. The standard InChI is InChI=1S/C18H24N4O/c1-5-6-9-22(4)18(23)16-11-17(20-12-19-16)21-15-8-7-13(2)10-14(15)3/h7-8,10-12H,5-6,9H2,1-4H3,(H,19,20,21). The summed E-state index contributed by atoms with van der Waals surface area (Å²) in [6.07, 6.45) is 3.47. The average Bonchev–Trinajstić information content (AvgIpc) is 2.55. The minimum Gasteiger partial charge on any atom is -0.340 e. The lowest BCUT2D eigenvalue weighted by molar-refractivity contribution is 0.0787. The minimum absolute atomic E-state index is 0.0791. The van der Waals surface area contributed by atoms with Crippen LogP contribution in [0.5, 0.6) is 0 Å². The number of nitrogens with one attached hydrogen (secondary N) is 1. The highest BCUT2D eigenvalue weighted by Gasteiger charge is 2.13. The highest BCUT2D eigenvalue weighted by molar-refractivity contribution is 5.92. The van der Waals surface area contributed by atoms with E-state index in [0.29, 0.717) is 11.5 Å². The molecule has 0 atom stereocenters. The van der Waals surface area contributed by atoms with Crippen LogP contribution in [-0.4, -0.2) is 34.4 Å². The van der Waals surface area contributed by atoms with Crippen molar-refractivity contribution < 1.29 is 4.79 Å². The molecule has 0 radical (unpaired) electrons.